The molecule has 7 nitrogen and oxygen atoms in total. The zero-order chi connectivity index (χ0) is 17.9. The zero-order valence-electron chi connectivity index (χ0n) is 14.4. The van der Waals surface area contributed by atoms with E-state index in [0.717, 1.165) is 36.0 Å². The lowest BCUT2D eigenvalue weighted by Crippen LogP contribution is -2.25. The van der Waals surface area contributed by atoms with Crippen LogP contribution in [0.1, 0.15) is 28.3 Å². The first-order valence-electron chi connectivity index (χ1n) is 8.53. The van der Waals surface area contributed by atoms with Gasteiger partial charge >= 0.3 is 6.01 Å². The largest absolute Gasteiger partial charge is 0.467 e. The van der Waals surface area contributed by atoms with Gasteiger partial charge in [-0.3, -0.25) is 4.79 Å². The second-order valence-electron chi connectivity index (χ2n) is 6.06. The summed E-state index contributed by atoms with van der Waals surface area (Å²) in [6.45, 7) is 2.09. The molecule has 3 aromatic rings. The predicted molar refractivity (Wildman–Crippen MR) is 101 cm³/mol. The second-order valence-corrected chi connectivity index (χ2v) is 7.15. The van der Waals surface area contributed by atoms with E-state index >= 15 is 0 Å². The average molecular weight is 369 g/mol. The van der Waals surface area contributed by atoms with Crippen LogP contribution in [0.3, 0.4) is 0 Å². The summed E-state index contributed by atoms with van der Waals surface area (Å²) in [5, 5.41) is 3.96. The van der Waals surface area contributed by atoms with Crippen molar-refractivity contribution in [2.75, 3.05) is 25.1 Å². The van der Waals surface area contributed by atoms with Crippen LogP contribution < -0.4 is 15.0 Å². The number of nitrogens with zero attached hydrogens (tertiary/aromatic N) is 4. The van der Waals surface area contributed by atoms with Crippen LogP contribution in [-0.4, -0.2) is 41.1 Å². The molecule has 2 aromatic heterocycles. The van der Waals surface area contributed by atoms with Crippen LogP contribution >= 0.6 is 11.3 Å². The molecule has 8 heteroatoms. The predicted octanol–water partition coefficient (Wildman–Crippen LogP) is 2.63. The summed E-state index contributed by atoms with van der Waals surface area (Å²) in [5.41, 5.74) is 0. The summed E-state index contributed by atoms with van der Waals surface area (Å²) in [5.74, 6) is 0.974. The van der Waals surface area contributed by atoms with Gasteiger partial charge in [0, 0.05) is 17.8 Å². The van der Waals surface area contributed by atoms with Crippen molar-refractivity contribution in [3.8, 4) is 6.01 Å². The number of thiophene rings is 1. The van der Waals surface area contributed by atoms with E-state index in [1.165, 1.54) is 18.4 Å². The first-order chi connectivity index (χ1) is 12.7. The van der Waals surface area contributed by atoms with Gasteiger partial charge in [0.1, 0.15) is 0 Å². The molecule has 1 amide bonds. The fourth-order valence-corrected chi connectivity index (χ4v) is 3.93. The van der Waals surface area contributed by atoms with Gasteiger partial charge in [0.05, 0.1) is 18.5 Å². The molecule has 0 unspecified atom stereocenters. The van der Waals surface area contributed by atoms with Gasteiger partial charge in [0.25, 0.3) is 5.91 Å². The third-order valence-electron chi connectivity index (χ3n) is 4.28. The van der Waals surface area contributed by atoms with Crippen molar-refractivity contribution < 1.29 is 9.53 Å². The number of hydrogen-bond acceptors (Lipinski definition) is 7. The number of hydrogen-bond donors (Lipinski definition) is 1. The third kappa shape index (κ3) is 3.45. The third-order valence-corrected chi connectivity index (χ3v) is 5.39. The van der Waals surface area contributed by atoms with Gasteiger partial charge in [-0.15, -0.1) is 11.3 Å². The van der Waals surface area contributed by atoms with Crippen molar-refractivity contribution >= 4 is 33.3 Å². The molecule has 1 saturated heterocycles. The van der Waals surface area contributed by atoms with Crippen LogP contribution in [-0.2, 0) is 6.54 Å². The summed E-state index contributed by atoms with van der Waals surface area (Å²) in [6.07, 6.45) is 2.26. The van der Waals surface area contributed by atoms with Crippen molar-refractivity contribution in [3.05, 3.63) is 41.0 Å². The smallest absolute Gasteiger partial charge is 0.321 e. The minimum atomic E-state index is -0.131. The summed E-state index contributed by atoms with van der Waals surface area (Å²) in [7, 11) is 1.53. The maximum atomic E-state index is 12.5. The Hall–Kier alpha value is -2.74. The zero-order valence-corrected chi connectivity index (χ0v) is 15.3. The Balaban J connectivity index is 1.49. The van der Waals surface area contributed by atoms with Crippen LogP contribution in [0.5, 0.6) is 6.01 Å². The quantitative estimate of drug-likeness (QED) is 0.745. The molecule has 0 saturated carbocycles. The molecule has 1 aliphatic rings. The molecule has 1 fully saturated rings. The number of fused-ring (bicyclic) bond motifs is 1. The molecule has 3 heterocycles. The van der Waals surface area contributed by atoms with Gasteiger partial charge in [0.15, 0.2) is 5.82 Å². The molecule has 26 heavy (non-hydrogen) atoms. The van der Waals surface area contributed by atoms with Gasteiger partial charge < -0.3 is 15.0 Å². The van der Waals surface area contributed by atoms with Gasteiger partial charge in [-0.05, 0) is 30.4 Å². The molecule has 0 atom stereocenters. The second kappa shape index (κ2) is 7.25. The lowest BCUT2D eigenvalue weighted by molar-refractivity contribution is 0.0954. The molecule has 4 rings (SSSR count). The normalized spacial score (nSPS) is 14.0. The van der Waals surface area contributed by atoms with Gasteiger partial charge in [-0.25, -0.2) is 0 Å². The summed E-state index contributed by atoms with van der Waals surface area (Å²) >= 11 is 1.47. The van der Waals surface area contributed by atoms with Crippen LogP contribution in [0.4, 0.5) is 5.95 Å². The molecule has 0 radical (unpaired) electrons. The number of rotatable bonds is 5. The Kier molecular flexibility index (Phi) is 4.66. The maximum Gasteiger partial charge on any atom is 0.321 e. The van der Waals surface area contributed by atoms with Gasteiger partial charge in [0.2, 0.25) is 5.95 Å². The molecule has 1 N–H and O–H groups in total. The SMILES string of the molecule is COc1nc(CNC(=O)c2cc3ccccc3s2)nc(N2CCCC2)n1. The summed E-state index contributed by atoms with van der Waals surface area (Å²) < 4.78 is 6.28. The van der Waals surface area contributed by atoms with E-state index in [9.17, 15) is 4.79 Å². The van der Waals surface area contributed by atoms with E-state index in [2.05, 4.69) is 25.2 Å². The summed E-state index contributed by atoms with van der Waals surface area (Å²) in [6, 6.07) is 10.1. The fourth-order valence-electron chi connectivity index (χ4n) is 2.96. The number of carbonyl (C=O) groups excluding carboxylic acids is 1. The molecule has 0 spiro atoms. The Morgan fingerprint density at radius 2 is 2.04 bits per heavy atom. The number of benzene rings is 1. The number of ether oxygens (including phenoxy) is 1. The highest BCUT2D eigenvalue weighted by atomic mass is 32.1. The van der Waals surface area contributed by atoms with E-state index in [1.807, 2.05) is 30.3 Å². The van der Waals surface area contributed by atoms with E-state index in [0.29, 0.717) is 16.6 Å². The minimum Gasteiger partial charge on any atom is -0.467 e. The van der Waals surface area contributed by atoms with Crippen LogP contribution in [0, 0.1) is 0 Å². The van der Waals surface area contributed by atoms with E-state index in [1.54, 1.807) is 0 Å². The minimum absolute atomic E-state index is 0.131. The number of nitrogens with one attached hydrogen (secondary N) is 1. The van der Waals surface area contributed by atoms with Crippen LogP contribution in [0.2, 0.25) is 0 Å². The molecule has 1 aromatic carbocycles. The van der Waals surface area contributed by atoms with Crippen LogP contribution in [0.25, 0.3) is 10.1 Å². The van der Waals surface area contributed by atoms with E-state index in [-0.39, 0.29) is 18.5 Å². The van der Waals surface area contributed by atoms with E-state index in [4.69, 9.17) is 4.74 Å². The topological polar surface area (TPSA) is 80.2 Å². The number of aromatic nitrogens is 3. The molecule has 0 aliphatic carbocycles. The first kappa shape index (κ1) is 16.7. The molecular weight excluding hydrogens is 350 g/mol. The number of amides is 1. The fraction of sp³-hybridized carbons (Fsp3) is 0.333. The van der Waals surface area contributed by atoms with Crippen molar-refractivity contribution in [2.24, 2.45) is 0 Å². The van der Waals surface area contributed by atoms with Crippen molar-refractivity contribution in [2.45, 2.75) is 19.4 Å². The monoisotopic (exact) mass is 369 g/mol. The van der Waals surface area contributed by atoms with Crippen molar-refractivity contribution in [3.63, 3.8) is 0 Å². The van der Waals surface area contributed by atoms with Gasteiger partial charge in [-0.2, -0.15) is 15.0 Å². The number of methoxy groups -OCH3 is 1. The highest BCUT2D eigenvalue weighted by molar-refractivity contribution is 7.20. The van der Waals surface area contributed by atoms with Crippen LogP contribution in [0.15, 0.2) is 30.3 Å². The average Bonchev–Trinajstić information content (AvgIpc) is 3.35. The molecular formula is C18H19N5O2S. The highest BCUT2D eigenvalue weighted by Gasteiger charge is 2.18. The number of carbonyl (C=O) groups is 1. The highest BCUT2D eigenvalue weighted by Crippen LogP contribution is 2.25. The Morgan fingerprint density at radius 1 is 1.23 bits per heavy atom. The van der Waals surface area contributed by atoms with Crippen molar-refractivity contribution in [1.82, 2.24) is 20.3 Å². The Labute approximate surface area is 155 Å². The lowest BCUT2D eigenvalue weighted by atomic mass is 10.2. The van der Waals surface area contributed by atoms with E-state index < -0.39 is 0 Å². The molecule has 1 aliphatic heterocycles. The Bertz CT molecular complexity index is 903. The number of anilines is 1. The molecule has 134 valence electrons. The first-order valence-corrected chi connectivity index (χ1v) is 9.35. The lowest BCUT2D eigenvalue weighted by Gasteiger charge is -2.16. The standard InChI is InChI=1S/C18H19N5O2S/c1-25-18-21-15(20-17(22-18)23-8-4-5-9-23)11-19-16(24)14-10-12-6-2-3-7-13(12)26-14/h2-3,6-7,10H,4-5,8-9,11H2,1H3,(H,19,24). The Morgan fingerprint density at radius 3 is 2.81 bits per heavy atom. The van der Waals surface area contributed by atoms with Crippen molar-refractivity contribution in [1.29, 1.82) is 0 Å². The van der Waals surface area contributed by atoms with Gasteiger partial charge in [-0.1, -0.05) is 18.2 Å². The maximum absolute atomic E-state index is 12.5. The summed E-state index contributed by atoms with van der Waals surface area (Å²) in [4.78, 5) is 28.3. The molecule has 0 bridgehead atoms.